The Morgan fingerprint density at radius 3 is 2.44 bits per heavy atom. The molecule has 2 aliphatic heterocycles. The summed E-state index contributed by atoms with van der Waals surface area (Å²) in [6.45, 7) is 2.93. The molecule has 3 rings (SSSR count). The van der Waals surface area contributed by atoms with Gasteiger partial charge in [0.2, 0.25) is 21.8 Å². The lowest BCUT2D eigenvalue weighted by atomic mass is 10.0. The first-order valence-corrected chi connectivity index (χ1v) is 13.2. The number of nitrogens with zero attached hydrogens (tertiary/aromatic N) is 2. The third-order valence-electron chi connectivity index (χ3n) is 6.48. The fourth-order valence-corrected chi connectivity index (χ4v) is 6.26. The monoisotopic (exact) mass is 494 g/mol. The lowest BCUT2D eigenvalue weighted by molar-refractivity contribution is -0.160. The van der Waals surface area contributed by atoms with Crippen molar-refractivity contribution in [2.75, 3.05) is 19.6 Å². The minimum atomic E-state index is -4.00. The molecule has 2 fully saturated rings. The maximum Gasteiger partial charge on any atom is 0.326 e. The van der Waals surface area contributed by atoms with Gasteiger partial charge in [-0.3, -0.25) is 14.5 Å². The molecule has 4 N–H and O–H groups in total. The summed E-state index contributed by atoms with van der Waals surface area (Å²) in [7, 11) is -4.00. The van der Waals surface area contributed by atoms with E-state index in [1.807, 2.05) is 6.92 Å². The van der Waals surface area contributed by atoms with E-state index >= 15 is 0 Å². The molecule has 1 aromatic rings. The van der Waals surface area contributed by atoms with Crippen LogP contribution in [0.5, 0.6) is 0 Å². The molecule has 1 aromatic carbocycles. The lowest BCUT2D eigenvalue weighted by Crippen LogP contribution is -2.58. The molecule has 0 aromatic heterocycles. The van der Waals surface area contributed by atoms with Crippen molar-refractivity contribution in [3.05, 3.63) is 29.8 Å². The molecule has 0 aliphatic carbocycles. The number of aliphatic carboxylic acids is 1. The average molecular weight is 495 g/mol. The summed E-state index contributed by atoms with van der Waals surface area (Å²) in [6, 6.07) is 3.17. The number of imide groups is 1. The molecule has 2 heterocycles. The van der Waals surface area contributed by atoms with Gasteiger partial charge in [0.15, 0.2) is 0 Å². The van der Waals surface area contributed by atoms with Gasteiger partial charge in [-0.1, -0.05) is 17.7 Å². The first-order chi connectivity index (χ1) is 16.2. The largest absolute Gasteiger partial charge is 0.480 e. The summed E-state index contributed by atoms with van der Waals surface area (Å²) in [5.74, 6) is -2.67. The molecule has 0 radical (unpaired) electrons. The van der Waals surface area contributed by atoms with Crippen molar-refractivity contribution >= 4 is 27.8 Å². The zero-order valence-electron chi connectivity index (χ0n) is 19.5. The number of amides is 2. The second-order valence-electron chi connectivity index (χ2n) is 8.92. The Labute approximate surface area is 200 Å². The smallest absolute Gasteiger partial charge is 0.326 e. The molecular weight excluding hydrogens is 460 g/mol. The number of nitrogens with one attached hydrogen (secondary N) is 1. The average Bonchev–Trinajstić information content (AvgIpc) is 3.51. The SMILES string of the molecule is Cc1ccc(S(=O)(=O)N2CCC[C@H]2C(=O)N(C(=O)[C@@H]2CCCN2)[C@@H](CCCCN)C(=O)O)cc1. The number of hydrogen-bond acceptors (Lipinski definition) is 7. The van der Waals surface area contributed by atoms with Crippen LogP contribution in [0.2, 0.25) is 0 Å². The molecule has 2 amide bonds. The Bertz CT molecular complexity index is 991. The van der Waals surface area contributed by atoms with Gasteiger partial charge in [0.05, 0.1) is 10.9 Å². The highest BCUT2D eigenvalue weighted by Crippen LogP contribution is 2.29. The number of rotatable bonds is 10. The molecular formula is C23H34N4O6S. The molecule has 0 saturated carbocycles. The fourth-order valence-electron chi connectivity index (χ4n) is 4.60. The highest BCUT2D eigenvalue weighted by Gasteiger charge is 2.46. The zero-order valence-corrected chi connectivity index (χ0v) is 20.3. The van der Waals surface area contributed by atoms with E-state index in [1.54, 1.807) is 12.1 Å². The van der Waals surface area contributed by atoms with Gasteiger partial charge in [-0.2, -0.15) is 4.31 Å². The maximum absolute atomic E-state index is 13.7. The number of aryl methyl sites for hydroxylation is 1. The van der Waals surface area contributed by atoms with E-state index in [2.05, 4.69) is 5.32 Å². The van der Waals surface area contributed by atoms with Gasteiger partial charge in [0.25, 0.3) is 0 Å². The first-order valence-electron chi connectivity index (χ1n) is 11.8. The number of carboxylic acids is 1. The van der Waals surface area contributed by atoms with Gasteiger partial charge in [0.1, 0.15) is 12.1 Å². The summed E-state index contributed by atoms with van der Waals surface area (Å²) in [5, 5.41) is 13.0. The van der Waals surface area contributed by atoms with Crippen LogP contribution in [0.4, 0.5) is 0 Å². The second kappa shape index (κ2) is 11.4. The molecule has 0 spiro atoms. The van der Waals surface area contributed by atoms with E-state index in [0.717, 1.165) is 21.2 Å². The van der Waals surface area contributed by atoms with Crippen molar-refractivity contribution in [1.29, 1.82) is 0 Å². The minimum Gasteiger partial charge on any atom is -0.480 e. The fraction of sp³-hybridized carbons (Fsp3) is 0.609. The van der Waals surface area contributed by atoms with Gasteiger partial charge >= 0.3 is 5.97 Å². The Hall–Kier alpha value is -2.34. The summed E-state index contributed by atoms with van der Waals surface area (Å²) < 4.78 is 27.8. The molecule has 11 heteroatoms. The molecule has 188 valence electrons. The van der Waals surface area contributed by atoms with Gasteiger partial charge in [-0.15, -0.1) is 0 Å². The van der Waals surface area contributed by atoms with E-state index < -0.39 is 45.9 Å². The lowest BCUT2D eigenvalue weighted by Gasteiger charge is -2.33. The Balaban J connectivity index is 1.94. The molecule has 34 heavy (non-hydrogen) atoms. The number of carboxylic acid groups (broad SMARTS) is 1. The van der Waals surface area contributed by atoms with Gasteiger partial charge < -0.3 is 16.2 Å². The number of nitrogens with two attached hydrogens (primary N) is 1. The molecule has 3 atom stereocenters. The molecule has 2 aliphatic rings. The zero-order chi connectivity index (χ0) is 24.9. The van der Waals surface area contributed by atoms with Gasteiger partial charge in [0, 0.05) is 6.54 Å². The van der Waals surface area contributed by atoms with Crippen LogP contribution in [0.3, 0.4) is 0 Å². The van der Waals surface area contributed by atoms with Crippen molar-refractivity contribution in [3.63, 3.8) is 0 Å². The predicted octanol–water partition coefficient (Wildman–Crippen LogP) is 0.838. The highest BCUT2D eigenvalue weighted by atomic mass is 32.2. The number of hydrogen-bond donors (Lipinski definition) is 3. The summed E-state index contributed by atoms with van der Waals surface area (Å²) >= 11 is 0. The number of sulfonamides is 1. The first kappa shape index (κ1) is 26.3. The molecule has 10 nitrogen and oxygen atoms in total. The normalized spacial score (nSPS) is 21.9. The topological polar surface area (TPSA) is 150 Å². The second-order valence-corrected chi connectivity index (χ2v) is 10.8. The Morgan fingerprint density at radius 2 is 1.85 bits per heavy atom. The van der Waals surface area contributed by atoms with Crippen LogP contribution in [0, 0.1) is 6.92 Å². The minimum absolute atomic E-state index is 0.0610. The third kappa shape index (κ3) is 5.65. The Morgan fingerprint density at radius 1 is 1.15 bits per heavy atom. The van der Waals surface area contributed by atoms with Crippen molar-refractivity contribution in [3.8, 4) is 0 Å². The summed E-state index contributed by atoms with van der Waals surface area (Å²) in [5.41, 5.74) is 6.44. The van der Waals surface area contributed by atoms with E-state index in [0.29, 0.717) is 38.8 Å². The quantitative estimate of drug-likeness (QED) is 0.320. The number of benzene rings is 1. The van der Waals surface area contributed by atoms with Gasteiger partial charge in [-0.25, -0.2) is 13.2 Å². The van der Waals surface area contributed by atoms with E-state index in [9.17, 15) is 27.9 Å². The van der Waals surface area contributed by atoms with E-state index in [4.69, 9.17) is 5.73 Å². The molecule has 2 saturated heterocycles. The van der Waals surface area contributed by atoms with Crippen LogP contribution >= 0.6 is 0 Å². The van der Waals surface area contributed by atoms with Crippen LogP contribution < -0.4 is 11.1 Å². The number of carbonyl (C=O) groups is 3. The van der Waals surface area contributed by atoms with Crippen LogP contribution in [-0.2, 0) is 24.4 Å². The van der Waals surface area contributed by atoms with Crippen molar-refractivity contribution < 1.29 is 27.9 Å². The van der Waals surface area contributed by atoms with Crippen molar-refractivity contribution in [2.24, 2.45) is 5.73 Å². The van der Waals surface area contributed by atoms with Crippen LogP contribution in [-0.4, -0.2) is 78.3 Å². The summed E-state index contributed by atoms with van der Waals surface area (Å²) in [6.07, 6.45) is 2.94. The standard InChI is InChI=1S/C23H34N4O6S/c1-16-9-11-17(12-10-16)34(32,33)26-15-5-8-19(26)22(29)27(21(28)18-6-4-14-25-18)20(23(30)31)7-2-3-13-24/h9-12,18-20,25H,2-8,13-15,24H2,1H3,(H,30,31)/t18-,19-,20-/m0/s1. The van der Waals surface area contributed by atoms with E-state index in [1.165, 1.54) is 12.1 Å². The highest BCUT2D eigenvalue weighted by molar-refractivity contribution is 7.89. The predicted molar refractivity (Wildman–Crippen MR) is 125 cm³/mol. The van der Waals surface area contributed by atoms with Crippen molar-refractivity contribution in [1.82, 2.24) is 14.5 Å². The Kier molecular flexibility index (Phi) is 8.80. The summed E-state index contributed by atoms with van der Waals surface area (Å²) in [4.78, 5) is 40.2. The number of carbonyl (C=O) groups excluding carboxylic acids is 2. The maximum atomic E-state index is 13.7. The third-order valence-corrected chi connectivity index (χ3v) is 8.40. The number of unbranched alkanes of at least 4 members (excludes halogenated alkanes) is 1. The van der Waals surface area contributed by atoms with Gasteiger partial charge in [-0.05, 0) is 77.1 Å². The van der Waals surface area contributed by atoms with Crippen LogP contribution in [0.15, 0.2) is 29.2 Å². The van der Waals surface area contributed by atoms with Crippen LogP contribution in [0.25, 0.3) is 0 Å². The molecule has 0 bridgehead atoms. The molecule has 0 unspecified atom stereocenters. The van der Waals surface area contributed by atoms with E-state index in [-0.39, 0.29) is 24.3 Å². The van der Waals surface area contributed by atoms with Crippen LogP contribution in [0.1, 0.15) is 50.5 Å². The van der Waals surface area contributed by atoms with Crippen molar-refractivity contribution in [2.45, 2.75) is 74.9 Å².